The van der Waals surface area contributed by atoms with Crippen LogP contribution in [0.3, 0.4) is 0 Å². The zero-order chi connectivity index (χ0) is 18.0. The Labute approximate surface area is 147 Å². The van der Waals surface area contributed by atoms with E-state index < -0.39 is 11.6 Å². The molecule has 1 aliphatic heterocycles. The Kier molecular flexibility index (Phi) is 5.08. The minimum atomic E-state index is -0.459. The molecule has 1 aromatic rings. The fourth-order valence-corrected chi connectivity index (χ4v) is 3.45. The molecule has 1 saturated carbocycles. The Balaban J connectivity index is 1.59. The number of hydrogen-bond acceptors (Lipinski definition) is 5. The third-order valence-electron chi connectivity index (χ3n) is 5.32. The lowest BCUT2D eigenvalue weighted by Gasteiger charge is -2.27. The maximum absolute atomic E-state index is 12.5. The molecule has 1 saturated heterocycles. The fraction of sp³-hybridized carbons (Fsp3) is 0.765. The Hall–Kier alpha value is -1.96. The SMILES string of the molecule is CCC(OC)C(=O)N1CCC(C)(NC(=O)c2cn(C3CCC3)nn2)C1. The maximum Gasteiger partial charge on any atom is 0.273 e. The van der Waals surface area contributed by atoms with Gasteiger partial charge in [-0.1, -0.05) is 12.1 Å². The Morgan fingerprint density at radius 2 is 2.24 bits per heavy atom. The molecule has 0 radical (unpaired) electrons. The first-order chi connectivity index (χ1) is 12.0. The largest absolute Gasteiger partial charge is 0.372 e. The molecule has 0 aromatic carbocycles. The molecule has 25 heavy (non-hydrogen) atoms. The first-order valence-electron chi connectivity index (χ1n) is 9.01. The lowest BCUT2D eigenvalue weighted by atomic mass is 9.93. The number of nitrogens with one attached hydrogen (secondary N) is 1. The highest BCUT2D eigenvalue weighted by molar-refractivity contribution is 5.92. The molecule has 2 fully saturated rings. The van der Waals surface area contributed by atoms with Crippen LogP contribution in [-0.4, -0.2) is 63.6 Å². The molecule has 3 rings (SSSR count). The molecule has 1 aliphatic carbocycles. The molecule has 2 atom stereocenters. The normalized spacial score (nSPS) is 24.8. The van der Waals surface area contributed by atoms with Crippen LogP contribution in [0.4, 0.5) is 0 Å². The summed E-state index contributed by atoms with van der Waals surface area (Å²) in [5, 5.41) is 11.1. The van der Waals surface area contributed by atoms with E-state index in [1.165, 1.54) is 6.42 Å². The molecular formula is C17H27N5O3. The predicted molar refractivity (Wildman–Crippen MR) is 91.1 cm³/mol. The molecule has 0 bridgehead atoms. The number of aromatic nitrogens is 3. The van der Waals surface area contributed by atoms with Crippen LogP contribution in [0, 0.1) is 0 Å². The molecule has 8 nitrogen and oxygen atoms in total. The Morgan fingerprint density at radius 1 is 1.48 bits per heavy atom. The van der Waals surface area contributed by atoms with Gasteiger partial charge in [-0.05, 0) is 39.0 Å². The van der Waals surface area contributed by atoms with Gasteiger partial charge in [0.15, 0.2) is 5.69 Å². The molecule has 2 aliphatic rings. The second-order valence-corrected chi connectivity index (χ2v) is 7.33. The van der Waals surface area contributed by atoms with Crippen molar-refractivity contribution in [2.24, 2.45) is 0 Å². The summed E-state index contributed by atoms with van der Waals surface area (Å²) < 4.78 is 7.02. The second-order valence-electron chi connectivity index (χ2n) is 7.33. The fourth-order valence-electron chi connectivity index (χ4n) is 3.45. The van der Waals surface area contributed by atoms with Crippen LogP contribution in [0.2, 0.25) is 0 Å². The maximum atomic E-state index is 12.5. The van der Waals surface area contributed by atoms with Crippen molar-refractivity contribution in [3.05, 3.63) is 11.9 Å². The van der Waals surface area contributed by atoms with E-state index in [-0.39, 0.29) is 11.8 Å². The summed E-state index contributed by atoms with van der Waals surface area (Å²) in [6.07, 6.45) is 6.04. The second kappa shape index (κ2) is 7.11. The van der Waals surface area contributed by atoms with E-state index in [4.69, 9.17) is 4.74 Å². The zero-order valence-electron chi connectivity index (χ0n) is 15.2. The van der Waals surface area contributed by atoms with Crippen LogP contribution in [0.15, 0.2) is 6.20 Å². The van der Waals surface area contributed by atoms with Crippen molar-refractivity contribution in [2.75, 3.05) is 20.2 Å². The van der Waals surface area contributed by atoms with Gasteiger partial charge in [-0.15, -0.1) is 5.10 Å². The van der Waals surface area contributed by atoms with Crippen molar-refractivity contribution in [2.45, 2.75) is 63.6 Å². The number of carbonyl (C=O) groups is 2. The van der Waals surface area contributed by atoms with Crippen LogP contribution in [-0.2, 0) is 9.53 Å². The van der Waals surface area contributed by atoms with Gasteiger partial charge in [-0.3, -0.25) is 9.59 Å². The van der Waals surface area contributed by atoms with Gasteiger partial charge < -0.3 is 15.0 Å². The number of nitrogens with zero attached hydrogens (tertiary/aromatic N) is 4. The average Bonchev–Trinajstić information content (AvgIpc) is 3.14. The molecule has 2 amide bonds. The van der Waals surface area contributed by atoms with E-state index in [1.807, 2.05) is 13.8 Å². The van der Waals surface area contributed by atoms with Gasteiger partial charge in [0.25, 0.3) is 11.8 Å². The minimum absolute atomic E-state index is 0.0149. The molecular weight excluding hydrogens is 322 g/mol. The van der Waals surface area contributed by atoms with E-state index in [9.17, 15) is 9.59 Å². The third kappa shape index (κ3) is 3.68. The predicted octanol–water partition coefficient (Wildman–Crippen LogP) is 1.15. The number of carbonyl (C=O) groups excluding carboxylic acids is 2. The van der Waals surface area contributed by atoms with Gasteiger partial charge in [-0.25, -0.2) is 4.68 Å². The van der Waals surface area contributed by atoms with E-state index in [1.54, 1.807) is 22.9 Å². The summed E-state index contributed by atoms with van der Waals surface area (Å²) in [4.78, 5) is 26.7. The van der Waals surface area contributed by atoms with Crippen LogP contribution < -0.4 is 5.32 Å². The van der Waals surface area contributed by atoms with Crippen LogP contribution in [0.1, 0.15) is 62.5 Å². The molecule has 1 aromatic heterocycles. The van der Waals surface area contributed by atoms with E-state index in [2.05, 4.69) is 15.6 Å². The van der Waals surface area contributed by atoms with Gasteiger partial charge in [0.1, 0.15) is 6.10 Å². The summed E-state index contributed by atoms with van der Waals surface area (Å²) >= 11 is 0. The number of rotatable bonds is 6. The highest BCUT2D eigenvalue weighted by atomic mass is 16.5. The first-order valence-corrected chi connectivity index (χ1v) is 9.01. The molecule has 138 valence electrons. The van der Waals surface area contributed by atoms with Gasteiger partial charge in [0.05, 0.1) is 17.8 Å². The van der Waals surface area contributed by atoms with Crippen molar-refractivity contribution in [1.82, 2.24) is 25.2 Å². The van der Waals surface area contributed by atoms with E-state index in [0.717, 1.165) is 12.8 Å². The molecule has 8 heteroatoms. The summed E-state index contributed by atoms with van der Waals surface area (Å²) in [5.74, 6) is -0.250. The summed E-state index contributed by atoms with van der Waals surface area (Å²) in [6, 6.07) is 0.379. The van der Waals surface area contributed by atoms with Crippen molar-refractivity contribution in [3.8, 4) is 0 Å². The topological polar surface area (TPSA) is 89.4 Å². The Bertz CT molecular complexity index is 638. The van der Waals surface area contributed by atoms with Gasteiger partial charge >= 0.3 is 0 Å². The average molecular weight is 349 g/mol. The van der Waals surface area contributed by atoms with Crippen molar-refractivity contribution >= 4 is 11.8 Å². The first kappa shape index (κ1) is 17.8. The molecule has 2 unspecified atom stereocenters. The van der Waals surface area contributed by atoms with E-state index >= 15 is 0 Å². The quantitative estimate of drug-likeness (QED) is 0.832. The minimum Gasteiger partial charge on any atom is -0.372 e. The summed E-state index contributed by atoms with van der Waals surface area (Å²) in [7, 11) is 1.55. The van der Waals surface area contributed by atoms with Gasteiger partial charge in [0.2, 0.25) is 0 Å². The highest BCUT2D eigenvalue weighted by Gasteiger charge is 2.39. The van der Waals surface area contributed by atoms with E-state index in [0.29, 0.717) is 37.7 Å². The standard InChI is InChI=1S/C17H27N5O3/c1-4-14(25-3)16(24)21-9-8-17(2,11-21)18-15(23)13-10-22(20-19-13)12-6-5-7-12/h10,12,14H,4-9,11H2,1-3H3,(H,18,23). The van der Waals surface area contributed by atoms with Crippen molar-refractivity contribution in [3.63, 3.8) is 0 Å². The number of methoxy groups -OCH3 is 1. The lowest BCUT2D eigenvalue weighted by Crippen LogP contribution is -2.49. The number of hydrogen-bond donors (Lipinski definition) is 1. The highest BCUT2D eigenvalue weighted by Crippen LogP contribution is 2.30. The smallest absolute Gasteiger partial charge is 0.273 e. The third-order valence-corrected chi connectivity index (χ3v) is 5.32. The zero-order valence-corrected chi connectivity index (χ0v) is 15.2. The van der Waals surface area contributed by atoms with Gasteiger partial charge in [-0.2, -0.15) is 0 Å². The number of ether oxygens (including phenoxy) is 1. The van der Waals surface area contributed by atoms with Crippen LogP contribution in [0.5, 0.6) is 0 Å². The monoisotopic (exact) mass is 349 g/mol. The molecule has 2 heterocycles. The number of likely N-dealkylation sites (tertiary alicyclic amines) is 1. The van der Waals surface area contributed by atoms with Gasteiger partial charge in [0, 0.05) is 20.2 Å². The van der Waals surface area contributed by atoms with Crippen molar-refractivity contribution < 1.29 is 14.3 Å². The summed E-state index contributed by atoms with van der Waals surface area (Å²) in [6.45, 7) is 4.98. The number of amides is 2. The van der Waals surface area contributed by atoms with Crippen LogP contribution >= 0.6 is 0 Å². The van der Waals surface area contributed by atoms with Crippen LogP contribution in [0.25, 0.3) is 0 Å². The molecule has 0 spiro atoms. The Morgan fingerprint density at radius 3 is 2.84 bits per heavy atom. The lowest BCUT2D eigenvalue weighted by molar-refractivity contribution is -0.141. The molecule has 1 N–H and O–H groups in total. The van der Waals surface area contributed by atoms with Crippen molar-refractivity contribution in [1.29, 1.82) is 0 Å². The summed E-state index contributed by atoms with van der Waals surface area (Å²) in [5.41, 5.74) is -0.125.